The molecule has 1 aromatic carbocycles. The van der Waals surface area contributed by atoms with E-state index in [1.807, 2.05) is 60.1 Å². The van der Waals surface area contributed by atoms with Gasteiger partial charge in [0, 0.05) is 24.5 Å². The van der Waals surface area contributed by atoms with E-state index in [0.717, 1.165) is 17.7 Å². The predicted octanol–water partition coefficient (Wildman–Crippen LogP) is 4.08. The number of carbonyl (C=O) groups is 1. The molecule has 4 aromatic rings. The van der Waals surface area contributed by atoms with E-state index in [2.05, 4.69) is 15.1 Å². The summed E-state index contributed by atoms with van der Waals surface area (Å²) < 4.78 is 3.51. The van der Waals surface area contributed by atoms with E-state index in [4.69, 9.17) is 11.6 Å². The van der Waals surface area contributed by atoms with Gasteiger partial charge in [0.05, 0.1) is 29.0 Å². The van der Waals surface area contributed by atoms with Gasteiger partial charge in [0.1, 0.15) is 5.69 Å². The number of nitrogens with zero attached hydrogens (tertiary/aromatic N) is 5. The van der Waals surface area contributed by atoms with Crippen LogP contribution in [0.2, 0.25) is 5.02 Å². The second-order valence-electron chi connectivity index (χ2n) is 6.28. The summed E-state index contributed by atoms with van der Waals surface area (Å²) in [6.07, 6.45) is 6.34. The summed E-state index contributed by atoms with van der Waals surface area (Å²) in [5.74, 6) is 0.463. The molecule has 0 saturated carbocycles. The van der Waals surface area contributed by atoms with Gasteiger partial charge in [-0.3, -0.25) is 13.9 Å². The molecule has 27 heavy (non-hydrogen) atoms. The van der Waals surface area contributed by atoms with Gasteiger partial charge < -0.3 is 0 Å². The van der Waals surface area contributed by atoms with Crippen molar-refractivity contribution >= 4 is 23.2 Å². The van der Waals surface area contributed by atoms with Gasteiger partial charge in [-0.2, -0.15) is 5.10 Å². The van der Waals surface area contributed by atoms with E-state index < -0.39 is 0 Å². The fourth-order valence-corrected chi connectivity index (χ4v) is 3.27. The van der Waals surface area contributed by atoms with E-state index in [1.54, 1.807) is 4.68 Å². The Bertz CT molecular complexity index is 1100. The van der Waals surface area contributed by atoms with Crippen LogP contribution in [0.1, 0.15) is 29.5 Å². The molecule has 0 saturated heterocycles. The number of halogens is 1. The number of aromatic nitrogens is 5. The zero-order valence-electron chi connectivity index (χ0n) is 14.8. The second-order valence-corrected chi connectivity index (χ2v) is 6.69. The number of ketones is 1. The van der Waals surface area contributed by atoms with E-state index >= 15 is 0 Å². The van der Waals surface area contributed by atoms with Gasteiger partial charge in [0.2, 0.25) is 5.78 Å². The molecule has 0 aliphatic heterocycles. The van der Waals surface area contributed by atoms with Crippen molar-refractivity contribution < 1.29 is 4.79 Å². The van der Waals surface area contributed by atoms with Gasteiger partial charge >= 0.3 is 0 Å². The number of aryl methyl sites for hydroxylation is 1. The lowest BCUT2D eigenvalue weighted by molar-refractivity contribution is 0.0981. The first-order chi connectivity index (χ1) is 13.2. The van der Waals surface area contributed by atoms with E-state index in [1.165, 1.54) is 6.20 Å². The molecule has 0 bridgehead atoms. The molecule has 0 amide bonds. The van der Waals surface area contributed by atoms with Crippen molar-refractivity contribution in [3.8, 4) is 11.3 Å². The van der Waals surface area contributed by atoms with E-state index in [0.29, 0.717) is 28.7 Å². The molecular formula is C20H18ClN5O. The predicted molar refractivity (Wildman–Crippen MR) is 104 cm³/mol. The highest BCUT2D eigenvalue weighted by molar-refractivity contribution is 6.33. The standard InChI is InChI=1S/C20H18ClN5O/c1-2-9-26-19(16(21)12-22-26)18(27)11-15-8-10-25-13-17(24-20(25)23-15)14-6-4-3-5-7-14/h3-8,10,12-13H,2,9,11H2,1H3. The third kappa shape index (κ3) is 3.48. The zero-order valence-corrected chi connectivity index (χ0v) is 15.6. The molecule has 0 N–H and O–H groups in total. The Hall–Kier alpha value is -2.99. The molecule has 7 heteroatoms. The summed E-state index contributed by atoms with van der Waals surface area (Å²) in [7, 11) is 0. The molecule has 0 unspecified atom stereocenters. The monoisotopic (exact) mass is 379 g/mol. The topological polar surface area (TPSA) is 65.1 Å². The summed E-state index contributed by atoms with van der Waals surface area (Å²) in [5.41, 5.74) is 2.96. The SMILES string of the molecule is CCCn1ncc(Cl)c1C(=O)Cc1ccn2cc(-c3ccccc3)nc2n1. The molecule has 0 atom stereocenters. The van der Waals surface area contributed by atoms with Crippen molar-refractivity contribution in [2.45, 2.75) is 26.3 Å². The molecule has 0 aliphatic carbocycles. The first-order valence-corrected chi connectivity index (χ1v) is 9.18. The molecular weight excluding hydrogens is 362 g/mol. The van der Waals surface area contributed by atoms with Gasteiger partial charge in [0.15, 0.2) is 5.78 Å². The van der Waals surface area contributed by atoms with Gasteiger partial charge in [0.25, 0.3) is 0 Å². The highest BCUT2D eigenvalue weighted by Crippen LogP contribution is 2.20. The largest absolute Gasteiger partial charge is 0.292 e. The Morgan fingerprint density at radius 1 is 1.15 bits per heavy atom. The Labute approximate surface area is 161 Å². The van der Waals surface area contributed by atoms with Crippen molar-refractivity contribution in [3.63, 3.8) is 0 Å². The number of carbonyl (C=O) groups excluding carboxylic acids is 1. The lowest BCUT2D eigenvalue weighted by Crippen LogP contribution is -2.14. The maximum atomic E-state index is 12.7. The van der Waals surface area contributed by atoms with Crippen LogP contribution in [0.4, 0.5) is 0 Å². The first kappa shape index (κ1) is 17.4. The molecule has 4 rings (SSSR count). The average Bonchev–Trinajstić information content (AvgIpc) is 3.26. The number of imidazole rings is 1. The van der Waals surface area contributed by atoms with E-state index in [9.17, 15) is 4.79 Å². The Balaban J connectivity index is 1.61. The lowest BCUT2D eigenvalue weighted by atomic mass is 10.1. The van der Waals surface area contributed by atoms with Crippen molar-refractivity contribution in [2.24, 2.45) is 0 Å². The summed E-state index contributed by atoms with van der Waals surface area (Å²) in [5, 5.41) is 4.56. The molecule has 3 heterocycles. The quantitative estimate of drug-likeness (QED) is 0.473. The summed E-state index contributed by atoms with van der Waals surface area (Å²) >= 11 is 6.17. The number of rotatable bonds is 6. The van der Waals surface area contributed by atoms with Crippen LogP contribution in [0, 0.1) is 0 Å². The third-order valence-corrected chi connectivity index (χ3v) is 4.57. The second kappa shape index (κ2) is 7.32. The van der Waals surface area contributed by atoms with Crippen molar-refractivity contribution in [1.29, 1.82) is 0 Å². The minimum Gasteiger partial charge on any atom is -0.292 e. The van der Waals surface area contributed by atoms with Crippen LogP contribution in [-0.2, 0) is 13.0 Å². The maximum Gasteiger partial charge on any atom is 0.234 e. The smallest absolute Gasteiger partial charge is 0.234 e. The van der Waals surface area contributed by atoms with Crippen molar-refractivity contribution in [1.82, 2.24) is 24.1 Å². The number of hydrogen-bond acceptors (Lipinski definition) is 4. The highest BCUT2D eigenvalue weighted by Gasteiger charge is 2.18. The summed E-state index contributed by atoms with van der Waals surface area (Å²) in [6, 6.07) is 11.7. The zero-order chi connectivity index (χ0) is 18.8. The number of fused-ring (bicyclic) bond motifs is 1. The maximum absolute atomic E-state index is 12.7. The van der Waals surface area contributed by atoms with Crippen LogP contribution < -0.4 is 0 Å². The first-order valence-electron chi connectivity index (χ1n) is 8.80. The van der Waals surface area contributed by atoms with Gasteiger partial charge in [-0.25, -0.2) is 9.97 Å². The minimum absolute atomic E-state index is 0.0994. The number of benzene rings is 1. The van der Waals surface area contributed by atoms with Gasteiger partial charge in [-0.1, -0.05) is 48.9 Å². The molecule has 0 fully saturated rings. The molecule has 0 aliphatic rings. The molecule has 0 radical (unpaired) electrons. The normalized spacial score (nSPS) is 11.2. The van der Waals surface area contributed by atoms with Crippen LogP contribution in [0.15, 0.2) is 55.0 Å². The molecule has 3 aromatic heterocycles. The Morgan fingerprint density at radius 3 is 2.74 bits per heavy atom. The van der Waals surface area contributed by atoms with Crippen molar-refractivity contribution in [3.05, 3.63) is 71.4 Å². The van der Waals surface area contributed by atoms with Crippen LogP contribution in [0.25, 0.3) is 17.0 Å². The van der Waals surface area contributed by atoms with Crippen LogP contribution in [0.3, 0.4) is 0 Å². The highest BCUT2D eigenvalue weighted by atomic mass is 35.5. The third-order valence-electron chi connectivity index (χ3n) is 4.29. The van der Waals surface area contributed by atoms with Crippen molar-refractivity contribution in [2.75, 3.05) is 0 Å². The van der Waals surface area contributed by atoms with Gasteiger partial charge in [-0.15, -0.1) is 0 Å². The average molecular weight is 380 g/mol. The number of hydrogen-bond donors (Lipinski definition) is 0. The Kier molecular flexibility index (Phi) is 4.73. The molecule has 136 valence electrons. The summed E-state index contributed by atoms with van der Waals surface area (Å²) in [6.45, 7) is 2.68. The van der Waals surface area contributed by atoms with Crippen LogP contribution >= 0.6 is 11.6 Å². The molecule has 6 nitrogen and oxygen atoms in total. The fraction of sp³-hybridized carbons (Fsp3) is 0.200. The van der Waals surface area contributed by atoms with Gasteiger partial charge in [-0.05, 0) is 12.5 Å². The fourth-order valence-electron chi connectivity index (χ4n) is 3.02. The van der Waals surface area contributed by atoms with Crippen LogP contribution in [-0.4, -0.2) is 29.9 Å². The molecule has 0 spiro atoms. The van der Waals surface area contributed by atoms with E-state index in [-0.39, 0.29) is 12.2 Å². The van der Waals surface area contributed by atoms with Crippen LogP contribution in [0.5, 0.6) is 0 Å². The summed E-state index contributed by atoms with van der Waals surface area (Å²) in [4.78, 5) is 21.9. The Morgan fingerprint density at radius 2 is 1.96 bits per heavy atom. The lowest BCUT2D eigenvalue weighted by Gasteiger charge is -2.06. The number of Topliss-reactive ketones (excluding diaryl/α,β-unsaturated/α-hetero) is 1. The minimum atomic E-state index is -0.0994.